The van der Waals surface area contributed by atoms with Crippen LogP contribution in [0.4, 0.5) is 0 Å². The predicted octanol–water partition coefficient (Wildman–Crippen LogP) is 2.70. The van der Waals surface area contributed by atoms with E-state index in [-0.39, 0.29) is 16.6 Å². The van der Waals surface area contributed by atoms with Gasteiger partial charge in [-0.05, 0) is 37.0 Å². The molecule has 3 saturated carbocycles. The molecule has 1 aliphatic heterocycles. The molecule has 3 aliphatic carbocycles. The van der Waals surface area contributed by atoms with E-state index in [0.717, 1.165) is 19.3 Å². The molecule has 16 heavy (non-hydrogen) atoms. The van der Waals surface area contributed by atoms with Crippen molar-refractivity contribution in [1.82, 2.24) is 0 Å². The lowest BCUT2D eigenvalue weighted by atomic mass is 9.52. The maximum Gasteiger partial charge on any atom is 0.167 e. The number of hydrogen-bond acceptors (Lipinski definition) is 2. The van der Waals surface area contributed by atoms with Crippen LogP contribution in [0.5, 0.6) is 0 Å². The van der Waals surface area contributed by atoms with E-state index in [2.05, 4.69) is 20.8 Å². The minimum atomic E-state index is -0.321. The number of rotatable bonds is 0. The Balaban J connectivity index is 1.93. The van der Waals surface area contributed by atoms with Crippen molar-refractivity contribution in [3.63, 3.8) is 0 Å². The molecule has 1 heterocycles. The molecule has 4 aliphatic rings. The van der Waals surface area contributed by atoms with Gasteiger partial charge < -0.3 is 4.74 Å². The van der Waals surface area contributed by atoms with Crippen LogP contribution in [0.15, 0.2) is 0 Å². The van der Waals surface area contributed by atoms with Gasteiger partial charge in [-0.25, -0.2) is 0 Å². The number of carbonyl (C=O) groups excluding carboxylic acids is 1. The van der Waals surface area contributed by atoms with Crippen LogP contribution in [-0.4, -0.2) is 17.0 Å². The second-order valence-electron chi connectivity index (χ2n) is 7.17. The maximum absolute atomic E-state index is 12.1. The average Bonchev–Trinajstić information content (AvgIpc) is 2.77. The van der Waals surface area contributed by atoms with Crippen molar-refractivity contribution in [3.05, 3.63) is 0 Å². The summed E-state index contributed by atoms with van der Waals surface area (Å²) in [4.78, 5) is 12.1. The fourth-order valence-corrected chi connectivity index (χ4v) is 5.48. The Bertz CT molecular complexity index is 413. The zero-order chi connectivity index (χ0) is 11.4. The highest BCUT2D eigenvalue weighted by atomic mass is 16.6. The van der Waals surface area contributed by atoms with Gasteiger partial charge in [0.2, 0.25) is 0 Å². The van der Waals surface area contributed by atoms with Crippen molar-refractivity contribution in [3.8, 4) is 0 Å². The van der Waals surface area contributed by atoms with Gasteiger partial charge in [-0.2, -0.15) is 0 Å². The normalized spacial score (nSPS) is 60.7. The molecule has 1 saturated heterocycles. The van der Waals surface area contributed by atoms with E-state index in [1.807, 2.05) is 0 Å². The van der Waals surface area contributed by atoms with Gasteiger partial charge in [0, 0.05) is 11.8 Å². The quantitative estimate of drug-likeness (QED) is 0.587. The zero-order valence-corrected chi connectivity index (χ0v) is 10.4. The first-order valence-electron chi connectivity index (χ1n) is 6.63. The fraction of sp³-hybridized carbons (Fsp3) is 0.929. The Labute approximate surface area is 96.7 Å². The molecule has 2 bridgehead atoms. The van der Waals surface area contributed by atoms with Gasteiger partial charge in [0.15, 0.2) is 11.4 Å². The summed E-state index contributed by atoms with van der Waals surface area (Å²) in [6.45, 7) is 7.17. The second kappa shape index (κ2) is 2.14. The predicted molar refractivity (Wildman–Crippen MR) is 60.0 cm³/mol. The molecule has 2 heteroatoms. The minimum Gasteiger partial charge on any atom is -0.354 e. The fourth-order valence-electron chi connectivity index (χ4n) is 5.48. The van der Waals surface area contributed by atoms with Crippen LogP contribution in [0.1, 0.15) is 52.9 Å². The van der Waals surface area contributed by atoms with E-state index in [9.17, 15) is 4.79 Å². The van der Waals surface area contributed by atoms with Gasteiger partial charge in [-0.3, -0.25) is 4.79 Å². The first-order valence-corrected chi connectivity index (χ1v) is 6.63. The molecule has 2 nitrogen and oxygen atoms in total. The molecule has 4 unspecified atom stereocenters. The third-order valence-corrected chi connectivity index (χ3v) is 6.97. The van der Waals surface area contributed by atoms with E-state index in [1.165, 1.54) is 12.8 Å². The van der Waals surface area contributed by atoms with Gasteiger partial charge in [0.05, 0.1) is 0 Å². The number of epoxide rings is 1. The lowest BCUT2D eigenvalue weighted by Gasteiger charge is -2.49. The molecule has 0 N–H and O–H groups in total. The van der Waals surface area contributed by atoms with E-state index < -0.39 is 0 Å². The van der Waals surface area contributed by atoms with Crippen molar-refractivity contribution in [2.75, 3.05) is 0 Å². The average molecular weight is 220 g/mol. The van der Waals surface area contributed by atoms with Crippen LogP contribution in [0.3, 0.4) is 0 Å². The standard InChI is InChI=1S/C14H20O2/c1-11(2)9-4-6-12(11,3)14-7-5-10(15)13(14,8-9)16-14/h9H,4-8H2,1-3H3. The third kappa shape index (κ3) is 0.611. The zero-order valence-electron chi connectivity index (χ0n) is 10.4. The molecule has 0 amide bonds. The SMILES string of the molecule is CC1(C)C2CCC1(C)C13CCC(=O)C1(C2)O3. The molecule has 0 radical (unpaired) electrons. The Morgan fingerprint density at radius 3 is 2.75 bits per heavy atom. The summed E-state index contributed by atoms with van der Waals surface area (Å²) in [6.07, 6.45) is 5.30. The number of Topliss-reactive ketones (excluding diaryl/α,β-unsaturated/α-hetero) is 1. The number of hydrogen-bond donors (Lipinski definition) is 0. The van der Waals surface area contributed by atoms with Crippen molar-refractivity contribution in [2.24, 2.45) is 16.7 Å². The summed E-state index contributed by atoms with van der Waals surface area (Å²) in [6, 6.07) is 0. The van der Waals surface area contributed by atoms with Gasteiger partial charge in [0.25, 0.3) is 0 Å². The van der Waals surface area contributed by atoms with E-state index in [1.54, 1.807) is 0 Å². The molecular formula is C14H20O2. The van der Waals surface area contributed by atoms with Gasteiger partial charge >= 0.3 is 0 Å². The summed E-state index contributed by atoms with van der Waals surface area (Å²) < 4.78 is 6.12. The lowest BCUT2D eigenvalue weighted by molar-refractivity contribution is -0.124. The van der Waals surface area contributed by atoms with Crippen LogP contribution in [-0.2, 0) is 9.53 Å². The van der Waals surface area contributed by atoms with E-state index in [0.29, 0.717) is 17.1 Å². The lowest BCUT2D eigenvalue weighted by Crippen LogP contribution is -2.53. The van der Waals surface area contributed by atoms with Crippen molar-refractivity contribution in [2.45, 2.75) is 64.1 Å². The summed E-state index contributed by atoms with van der Waals surface area (Å²) in [5, 5.41) is 0. The van der Waals surface area contributed by atoms with Crippen LogP contribution < -0.4 is 0 Å². The second-order valence-corrected chi connectivity index (χ2v) is 7.17. The summed E-state index contributed by atoms with van der Waals surface area (Å²) in [5.74, 6) is 1.09. The van der Waals surface area contributed by atoms with Gasteiger partial charge in [-0.1, -0.05) is 20.8 Å². The molecule has 0 aromatic rings. The molecule has 4 atom stereocenters. The molecule has 4 rings (SSSR count). The molecule has 0 aromatic heterocycles. The Morgan fingerprint density at radius 2 is 2.00 bits per heavy atom. The Kier molecular flexibility index (Phi) is 1.29. The number of ether oxygens (including phenoxy) is 1. The molecular weight excluding hydrogens is 200 g/mol. The number of carbonyl (C=O) groups is 1. The molecule has 0 aromatic carbocycles. The van der Waals surface area contributed by atoms with Gasteiger partial charge in [-0.15, -0.1) is 0 Å². The largest absolute Gasteiger partial charge is 0.354 e. The van der Waals surface area contributed by atoms with Crippen LogP contribution >= 0.6 is 0 Å². The van der Waals surface area contributed by atoms with Crippen molar-refractivity contribution < 1.29 is 9.53 Å². The van der Waals surface area contributed by atoms with Crippen molar-refractivity contribution in [1.29, 1.82) is 0 Å². The maximum atomic E-state index is 12.1. The Hall–Kier alpha value is -0.370. The highest BCUT2D eigenvalue weighted by Crippen LogP contribution is 2.81. The topological polar surface area (TPSA) is 29.6 Å². The summed E-state index contributed by atoms with van der Waals surface area (Å²) in [5.41, 5.74) is 0.193. The number of fused-ring (bicyclic) bond motifs is 2. The summed E-state index contributed by atoms with van der Waals surface area (Å²) in [7, 11) is 0. The number of ketones is 1. The third-order valence-electron chi connectivity index (χ3n) is 6.97. The Morgan fingerprint density at radius 1 is 1.25 bits per heavy atom. The van der Waals surface area contributed by atoms with E-state index >= 15 is 0 Å². The highest BCUT2D eigenvalue weighted by Gasteiger charge is 2.89. The molecule has 0 spiro atoms. The van der Waals surface area contributed by atoms with Crippen LogP contribution in [0, 0.1) is 16.7 Å². The first-order chi connectivity index (χ1) is 7.40. The van der Waals surface area contributed by atoms with Crippen LogP contribution in [0.2, 0.25) is 0 Å². The summed E-state index contributed by atoms with van der Waals surface area (Å²) >= 11 is 0. The smallest absolute Gasteiger partial charge is 0.167 e. The molecule has 88 valence electrons. The molecule has 4 fully saturated rings. The highest BCUT2D eigenvalue weighted by molar-refractivity contribution is 5.95. The van der Waals surface area contributed by atoms with Crippen molar-refractivity contribution >= 4 is 5.78 Å². The van der Waals surface area contributed by atoms with Crippen LogP contribution in [0.25, 0.3) is 0 Å². The first kappa shape index (κ1) is 9.64. The monoisotopic (exact) mass is 220 g/mol. The van der Waals surface area contributed by atoms with E-state index in [4.69, 9.17) is 4.74 Å². The minimum absolute atomic E-state index is 0.0619. The van der Waals surface area contributed by atoms with Gasteiger partial charge in [0.1, 0.15) is 5.60 Å².